The molecule has 0 bridgehead atoms. The standard InChI is InChI=1S/C61H106O6/c1-4-7-10-13-16-19-22-25-28-29-30-31-34-36-39-42-45-48-51-54-60(63)66-57-58(67-61(64)55-52-49-46-43-40-37-33-27-24-21-18-15-12-9-6-3)56-65-59(62)53-50-47-44-41-38-35-32-26-23-20-17-14-11-8-5-2/h16,18-19,21,25,27-28,30-31,33,36,39,58H,4-15,17,20,22-24,26,29,32,34-35,37-38,40-57H2,1-3H3/b19-16-,21-18-,28-25-,31-30-,33-27-,39-36-/t58-/m1/s1. The van der Waals surface area contributed by atoms with Crippen LogP contribution in [0.15, 0.2) is 72.9 Å². The second kappa shape index (κ2) is 55.4. The first-order chi connectivity index (χ1) is 33.0. The zero-order valence-corrected chi connectivity index (χ0v) is 44.2. The first-order valence-corrected chi connectivity index (χ1v) is 28.4. The second-order valence-electron chi connectivity index (χ2n) is 18.8. The van der Waals surface area contributed by atoms with Crippen LogP contribution in [0.5, 0.6) is 0 Å². The molecular weight excluding hydrogens is 829 g/mol. The summed E-state index contributed by atoms with van der Waals surface area (Å²) in [4.78, 5) is 38.1. The third-order valence-electron chi connectivity index (χ3n) is 12.2. The van der Waals surface area contributed by atoms with Gasteiger partial charge in [0.15, 0.2) is 6.10 Å². The third-order valence-corrected chi connectivity index (χ3v) is 12.2. The minimum Gasteiger partial charge on any atom is -0.462 e. The van der Waals surface area contributed by atoms with Gasteiger partial charge in [-0.1, -0.05) is 235 Å². The van der Waals surface area contributed by atoms with E-state index in [0.29, 0.717) is 19.3 Å². The van der Waals surface area contributed by atoms with Gasteiger partial charge in [-0.25, -0.2) is 0 Å². The topological polar surface area (TPSA) is 78.9 Å². The average molecular weight is 936 g/mol. The van der Waals surface area contributed by atoms with Gasteiger partial charge in [-0.2, -0.15) is 0 Å². The lowest BCUT2D eigenvalue weighted by Crippen LogP contribution is -2.30. The van der Waals surface area contributed by atoms with E-state index in [0.717, 1.165) is 109 Å². The molecule has 0 rings (SSSR count). The van der Waals surface area contributed by atoms with E-state index in [4.69, 9.17) is 14.2 Å². The summed E-state index contributed by atoms with van der Waals surface area (Å²) >= 11 is 0. The summed E-state index contributed by atoms with van der Waals surface area (Å²) in [5, 5.41) is 0. The smallest absolute Gasteiger partial charge is 0.306 e. The van der Waals surface area contributed by atoms with Gasteiger partial charge < -0.3 is 14.2 Å². The molecule has 386 valence electrons. The van der Waals surface area contributed by atoms with Crippen LogP contribution in [0.25, 0.3) is 0 Å². The van der Waals surface area contributed by atoms with Crippen LogP contribution in [0.1, 0.15) is 278 Å². The van der Waals surface area contributed by atoms with Gasteiger partial charge in [0.2, 0.25) is 0 Å². The van der Waals surface area contributed by atoms with Crippen molar-refractivity contribution >= 4 is 17.9 Å². The molecular formula is C61H106O6. The van der Waals surface area contributed by atoms with Gasteiger partial charge in [0.05, 0.1) is 0 Å². The summed E-state index contributed by atoms with van der Waals surface area (Å²) in [6.07, 6.45) is 70.2. The molecule has 0 N–H and O–H groups in total. The number of hydrogen-bond acceptors (Lipinski definition) is 6. The fraction of sp³-hybridized carbons (Fsp3) is 0.754. The van der Waals surface area contributed by atoms with E-state index in [2.05, 4.69) is 93.7 Å². The van der Waals surface area contributed by atoms with Crippen molar-refractivity contribution in [2.75, 3.05) is 13.2 Å². The summed E-state index contributed by atoms with van der Waals surface area (Å²) in [6.45, 7) is 6.56. The Morgan fingerprint density at radius 1 is 0.299 bits per heavy atom. The number of unbranched alkanes of at least 4 members (excludes halogenated alkanes) is 28. The van der Waals surface area contributed by atoms with E-state index >= 15 is 0 Å². The summed E-state index contributed by atoms with van der Waals surface area (Å²) in [5.74, 6) is -0.927. The maximum absolute atomic E-state index is 12.8. The van der Waals surface area contributed by atoms with Gasteiger partial charge >= 0.3 is 17.9 Å². The number of hydrogen-bond donors (Lipinski definition) is 0. The molecule has 0 aliphatic carbocycles. The number of rotatable bonds is 51. The Morgan fingerprint density at radius 2 is 0.537 bits per heavy atom. The Hall–Kier alpha value is -3.15. The van der Waals surface area contributed by atoms with E-state index in [1.807, 2.05) is 0 Å². The molecule has 0 unspecified atom stereocenters. The molecule has 0 aliphatic heterocycles. The number of allylic oxidation sites excluding steroid dienone is 12. The molecule has 0 fully saturated rings. The van der Waals surface area contributed by atoms with E-state index in [1.54, 1.807) is 0 Å². The Balaban J connectivity index is 4.45. The Labute approximate surface area is 414 Å². The highest BCUT2D eigenvalue weighted by Crippen LogP contribution is 2.15. The number of carbonyl (C=O) groups is 3. The van der Waals surface area contributed by atoms with Gasteiger partial charge in [0.1, 0.15) is 13.2 Å². The van der Waals surface area contributed by atoms with Crippen LogP contribution in [-0.2, 0) is 28.6 Å². The van der Waals surface area contributed by atoms with Crippen molar-refractivity contribution in [3.05, 3.63) is 72.9 Å². The lowest BCUT2D eigenvalue weighted by molar-refractivity contribution is -0.167. The monoisotopic (exact) mass is 935 g/mol. The lowest BCUT2D eigenvalue weighted by Gasteiger charge is -2.18. The van der Waals surface area contributed by atoms with Crippen molar-refractivity contribution in [3.63, 3.8) is 0 Å². The first-order valence-electron chi connectivity index (χ1n) is 28.4. The largest absolute Gasteiger partial charge is 0.462 e. The summed E-state index contributed by atoms with van der Waals surface area (Å²) in [5.41, 5.74) is 0. The fourth-order valence-corrected chi connectivity index (χ4v) is 7.87. The molecule has 0 aromatic carbocycles. The van der Waals surface area contributed by atoms with Crippen molar-refractivity contribution < 1.29 is 28.6 Å². The van der Waals surface area contributed by atoms with Crippen LogP contribution >= 0.6 is 0 Å². The highest BCUT2D eigenvalue weighted by atomic mass is 16.6. The van der Waals surface area contributed by atoms with Crippen LogP contribution < -0.4 is 0 Å². The predicted molar refractivity (Wildman–Crippen MR) is 288 cm³/mol. The zero-order valence-electron chi connectivity index (χ0n) is 44.2. The summed E-state index contributed by atoms with van der Waals surface area (Å²) < 4.78 is 16.8. The van der Waals surface area contributed by atoms with Gasteiger partial charge in [0, 0.05) is 19.3 Å². The van der Waals surface area contributed by atoms with E-state index in [9.17, 15) is 14.4 Å². The van der Waals surface area contributed by atoms with Crippen LogP contribution in [0.3, 0.4) is 0 Å². The molecule has 0 radical (unpaired) electrons. The predicted octanol–water partition coefficient (Wildman–Crippen LogP) is 19.0. The van der Waals surface area contributed by atoms with Crippen LogP contribution in [0.4, 0.5) is 0 Å². The second-order valence-corrected chi connectivity index (χ2v) is 18.8. The molecule has 0 amide bonds. The summed E-state index contributed by atoms with van der Waals surface area (Å²) in [6, 6.07) is 0. The molecule has 0 spiro atoms. The Bertz CT molecular complexity index is 1260. The Kier molecular flexibility index (Phi) is 52.8. The maximum Gasteiger partial charge on any atom is 0.306 e. The molecule has 1 atom stereocenters. The first kappa shape index (κ1) is 63.8. The average Bonchev–Trinajstić information content (AvgIpc) is 3.33. The molecule has 0 saturated carbocycles. The highest BCUT2D eigenvalue weighted by Gasteiger charge is 2.19. The van der Waals surface area contributed by atoms with Crippen molar-refractivity contribution in [3.8, 4) is 0 Å². The van der Waals surface area contributed by atoms with Crippen molar-refractivity contribution in [2.24, 2.45) is 0 Å². The fourth-order valence-electron chi connectivity index (χ4n) is 7.87. The number of esters is 3. The third kappa shape index (κ3) is 53.7. The lowest BCUT2D eigenvalue weighted by atomic mass is 10.0. The van der Waals surface area contributed by atoms with Gasteiger partial charge in [-0.3, -0.25) is 14.4 Å². The zero-order chi connectivity index (χ0) is 48.6. The minimum atomic E-state index is -0.795. The normalized spacial score (nSPS) is 12.6. The van der Waals surface area contributed by atoms with E-state index in [1.165, 1.54) is 128 Å². The SMILES string of the molecule is CCCCC/C=C\C/C=C\C/C=C\C/C=C\CCCCCC(=O)OC[C@@H](COC(=O)CCCCCCCCCCCCCCCCC)OC(=O)CCCCCCC/C=C\C/C=C\CCCCC. The van der Waals surface area contributed by atoms with Gasteiger partial charge in [0.25, 0.3) is 0 Å². The van der Waals surface area contributed by atoms with Crippen LogP contribution in [0, 0.1) is 0 Å². The molecule has 6 heteroatoms. The molecule has 0 saturated heterocycles. The minimum absolute atomic E-state index is 0.0894. The van der Waals surface area contributed by atoms with Gasteiger partial charge in [-0.05, 0) is 96.3 Å². The van der Waals surface area contributed by atoms with Crippen LogP contribution in [-0.4, -0.2) is 37.2 Å². The molecule has 67 heavy (non-hydrogen) atoms. The number of ether oxygens (including phenoxy) is 3. The summed E-state index contributed by atoms with van der Waals surface area (Å²) in [7, 11) is 0. The van der Waals surface area contributed by atoms with Gasteiger partial charge in [-0.15, -0.1) is 0 Å². The maximum atomic E-state index is 12.8. The molecule has 0 aromatic heterocycles. The molecule has 6 nitrogen and oxygen atoms in total. The molecule has 0 aromatic rings. The number of carbonyl (C=O) groups excluding carboxylic acids is 3. The van der Waals surface area contributed by atoms with Crippen molar-refractivity contribution in [2.45, 2.75) is 284 Å². The van der Waals surface area contributed by atoms with E-state index < -0.39 is 6.10 Å². The van der Waals surface area contributed by atoms with Crippen LogP contribution in [0.2, 0.25) is 0 Å². The highest BCUT2D eigenvalue weighted by molar-refractivity contribution is 5.71. The molecule has 0 aliphatic rings. The van der Waals surface area contributed by atoms with Crippen molar-refractivity contribution in [1.29, 1.82) is 0 Å². The van der Waals surface area contributed by atoms with Crippen molar-refractivity contribution in [1.82, 2.24) is 0 Å². The van der Waals surface area contributed by atoms with E-state index in [-0.39, 0.29) is 31.1 Å². The quantitative estimate of drug-likeness (QED) is 0.0262. The Morgan fingerprint density at radius 3 is 0.881 bits per heavy atom. The molecule has 0 heterocycles.